The minimum atomic E-state index is -0.959. The van der Waals surface area contributed by atoms with Gasteiger partial charge >= 0.3 is 5.97 Å². The lowest BCUT2D eigenvalue weighted by atomic mass is 10.1. The molecule has 8 heteroatoms. The van der Waals surface area contributed by atoms with Gasteiger partial charge in [0.25, 0.3) is 0 Å². The molecule has 0 saturated heterocycles. The number of oxazole rings is 1. The Bertz CT molecular complexity index is 1050. The van der Waals surface area contributed by atoms with Crippen molar-refractivity contribution in [1.29, 1.82) is 0 Å². The summed E-state index contributed by atoms with van der Waals surface area (Å²) in [6, 6.07) is 9.57. The number of aromatic nitrogens is 1. The van der Waals surface area contributed by atoms with Crippen molar-refractivity contribution in [2.45, 2.75) is 25.9 Å². The number of hydrogen-bond acceptors (Lipinski definition) is 6. The Hall–Kier alpha value is -3.55. The minimum absolute atomic E-state index is 0.0661. The molecule has 2 aromatic carbocycles. The van der Waals surface area contributed by atoms with Crippen LogP contribution in [0.3, 0.4) is 0 Å². The highest BCUT2D eigenvalue weighted by Gasteiger charge is 2.20. The highest BCUT2D eigenvalue weighted by atomic mass is 19.1. The third-order valence-corrected chi connectivity index (χ3v) is 4.35. The zero-order valence-corrected chi connectivity index (χ0v) is 16.4. The molecule has 0 aliphatic rings. The molecule has 0 N–H and O–H groups in total. The first-order valence-corrected chi connectivity index (χ1v) is 9.15. The first kappa shape index (κ1) is 21.2. The van der Waals surface area contributed by atoms with Crippen molar-refractivity contribution < 1.29 is 32.3 Å². The number of aryl methyl sites for hydroxylation is 1. The Morgan fingerprint density at radius 2 is 1.87 bits per heavy atom. The van der Waals surface area contributed by atoms with Gasteiger partial charge < -0.3 is 13.9 Å². The molecule has 0 saturated carbocycles. The fourth-order valence-corrected chi connectivity index (χ4v) is 2.75. The van der Waals surface area contributed by atoms with Crippen molar-refractivity contribution in [3.8, 4) is 17.1 Å². The van der Waals surface area contributed by atoms with Crippen LogP contribution in [-0.4, -0.2) is 30.0 Å². The maximum atomic E-state index is 13.8. The summed E-state index contributed by atoms with van der Waals surface area (Å²) in [7, 11) is 1.52. The van der Waals surface area contributed by atoms with Crippen molar-refractivity contribution in [3.05, 3.63) is 71.8 Å². The van der Waals surface area contributed by atoms with Gasteiger partial charge in [0.1, 0.15) is 17.4 Å². The van der Waals surface area contributed by atoms with Crippen molar-refractivity contribution in [2.75, 3.05) is 7.11 Å². The van der Waals surface area contributed by atoms with Crippen LogP contribution in [-0.2, 0) is 16.0 Å². The Morgan fingerprint density at radius 3 is 2.53 bits per heavy atom. The highest BCUT2D eigenvalue weighted by Crippen LogP contribution is 2.24. The zero-order chi connectivity index (χ0) is 21.7. The molecule has 3 aromatic rings. The fraction of sp³-hybridized carbons (Fsp3) is 0.227. The van der Waals surface area contributed by atoms with Crippen molar-refractivity contribution in [2.24, 2.45) is 0 Å². The largest absolute Gasteiger partial charge is 0.497 e. The van der Waals surface area contributed by atoms with Gasteiger partial charge in [0.05, 0.1) is 25.3 Å². The molecule has 0 amide bonds. The van der Waals surface area contributed by atoms with Crippen LogP contribution in [0, 0.1) is 11.6 Å². The van der Waals surface area contributed by atoms with E-state index in [4.69, 9.17) is 13.9 Å². The molecule has 1 aromatic heterocycles. The van der Waals surface area contributed by atoms with Gasteiger partial charge in [0.2, 0.25) is 5.78 Å². The molecule has 1 heterocycles. The SMILES string of the molecule is COc1ccc(C(=O)C(C)OC(=O)CCc2ncc(-c3ccc(F)cc3F)o2)cc1. The number of hydrogen-bond donors (Lipinski definition) is 0. The molecule has 30 heavy (non-hydrogen) atoms. The van der Waals surface area contributed by atoms with Crippen LogP contribution in [0.25, 0.3) is 11.3 Å². The summed E-state index contributed by atoms with van der Waals surface area (Å²) in [5, 5.41) is 0. The van der Waals surface area contributed by atoms with Crippen molar-refractivity contribution >= 4 is 11.8 Å². The molecule has 0 fully saturated rings. The van der Waals surface area contributed by atoms with Gasteiger partial charge in [-0.2, -0.15) is 0 Å². The summed E-state index contributed by atoms with van der Waals surface area (Å²) in [6.45, 7) is 1.49. The van der Waals surface area contributed by atoms with E-state index in [1.165, 1.54) is 26.3 Å². The number of rotatable bonds is 8. The number of carbonyl (C=O) groups is 2. The lowest BCUT2D eigenvalue weighted by molar-refractivity contribution is -0.146. The van der Waals surface area contributed by atoms with Crippen molar-refractivity contribution in [3.63, 3.8) is 0 Å². The first-order chi connectivity index (χ1) is 14.4. The molecular weight excluding hydrogens is 396 g/mol. The van der Waals surface area contributed by atoms with Gasteiger partial charge in [-0.1, -0.05) is 0 Å². The molecular formula is C22H19F2NO5. The lowest BCUT2D eigenvalue weighted by Crippen LogP contribution is -2.24. The van der Waals surface area contributed by atoms with Crippen LogP contribution in [0.15, 0.2) is 53.1 Å². The van der Waals surface area contributed by atoms with Crippen LogP contribution in [0.2, 0.25) is 0 Å². The maximum absolute atomic E-state index is 13.8. The Kier molecular flexibility index (Phi) is 6.56. The molecule has 0 bridgehead atoms. The molecule has 1 unspecified atom stereocenters. The van der Waals surface area contributed by atoms with E-state index in [2.05, 4.69) is 4.98 Å². The predicted molar refractivity (Wildman–Crippen MR) is 103 cm³/mol. The average molecular weight is 415 g/mol. The summed E-state index contributed by atoms with van der Waals surface area (Å²) in [4.78, 5) is 28.4. The van der Waals surface area contributed by atoms with Crippen molar-refractivity contribution in [1.82, 2.24) is 4.98 Å². The van der Waals surface area contributed by atoms with E-state index in [0.29, 0.717) is 11.3 Å². The third kappa shape index (κ3) is 5.08. The number of halogens is 2. The Morgan fingerprint density at radius 1 is 1.13 bits per heavy atom. The second-order valence-corrected chi connectivity index (χ2v) is 6.47. The number of methoxy groups -OCH3 is 1. The maximum Gasteiger partial charge on any atom is 0.307 e. The minimum Gasteiger partial charge on any atom is -0.497 e. The van der Waals surface area contributed by atoms with Crippen LogP contribution in [0.4, 0.5) is 8.78 Å². The summed E-state index contributed by atoms with van der Waals surface area (Å²) >= 11 is 0. The topological polar surface area (TPSA) is 78.6 Å². The molecule has 1 atom stereocenters. The Labute approximate surface area is 171 Å². The van der Waals surface area contributed by atoms with Gasteiger partial charge in [-0.3, -0.25) is 9.59 Å². The first-order valence-electron chi connectivity index (χ1n) is 9.15. The van der Waals surface area contributed by atoms with E-state index < -0.39 is 23.7 Å². The van der Waals surface area contributed by atoms with Gasteiger partial charge in [-0.15, -0.1) is 0 Å². The Balaban J connectivity index is 1.54. The number of ether oxygens (including phenoxy) is 2. The van der Waals surface area contributed by atoms with E-state index in [1.54, 1.807) is 24.3 Å². The molecule has 6 nitrogen and oxygen atoms in total. The smallest absolute Gasteiger partial charge is 0.307 e. The number of nitrogens with zero attached hydrogens (tertiary/aromatic N) is 1. The fourth-order valence-electron chi connectivity index (χ4n) is 2.75. The number of carbonyl (C=O) groups excluding carboxylic acids is 2. The summed E-state index contributed by atoms with van der Waals surface area (Å²) in [5.41, 5.74) is 0.464. The summed E-state index contributed by atoms with van der Waals surface area (Å²) in [5.74, 6) is -1.48. The van der Waals surface area contributed by atoms with Crippen LogP contribution < -0.4 is 4.74 Å². The van der Waals surface area contributed by atoms with Gasteiger partial charge in [0, 0.05) is 18.1 Å². The summed E-state index contributed by atoms with van der Waals surface area (Å²) < 4.78 is 42.5. The number of esters is 1. The molecule has 0 spiro atoms. The van der Waals surface area contributed by atoms with E-state index in [-0.39, 0.29) is 35.8 Å². The van der Waals surface area contributed by atoms with E-state index >= 15 is 0 Å². The normalized spacial score (nSPS) is 11.7. The monoisotopic (exact) mass is 415 g/mol. The number of benzene rings is 2. The van der Waals surface area contributed by atoms with Crippen LogP contribution in [0.1, 0.15) is 29.6 Å². The van der Waals surface area contributed by atoms with E-state index in [0.717, 1.165) is 12.1 Å². The molecule has 3 rings (SSSR count). The molecule has 0 aliphatic heterocycles. The molecule has 0 radical (unpaired) electrons. The molecule has 156 valence electrons. The predicted octanol–water partition coefficient (Wildman–Crippen LogP) is 4.38. The molecule has 0 aliphatic carbocycles. The standard InChI is InChI=1S/C22H19F2NO5/c1-13(22(27)14-3-6-16(28-2)7-4-14)29-21(26)10-9-20-25-12-19(30-20)17-8-5-15(23)11-18(17)24/h3-8,11-13H,9-10H2,1-2H3. The zero-order valence-electron chi connectivity index (χ0n) is 16.4. The van der Waals surface area contributed by atoms with Gasteiger partial charge in [-0.05, 0) is 43.3 Å². The second-order valence-electron chi connectivity index (χ2n) is 6.47. The van der Waals surface area contributed by atoms with Crippen LogP contribution in [0.5, 0.6) is 5.75 Å². The summed E-state index contributed by atoms with van der Waals surface area (Å²) in [6.07, 6.45) is 0.364. The van der Waals surface area contributed by atoms with Gasteiger partial charge in [-0.25, -0.2) is 13.8 Å². The van der Waals surface area contributed by atoms with E-state index in [1.807, 2.05) is 0 Å². The quantitative estimate of drug-likeness (QED) is 0.401. The number of ketones is 1. The van der Waals surface area contributed by atoms with E-state index in [9.17, 15) is 18.4 Å². The lowest BCUT2D eigenvalue weighted by Gasteiger charge is -2.12. The van der Waals surface area contributed by atoms with Crippen LogP contribution >= 0.6 is 0 Å². The van der Waals surface area contributed by atoms with Gasteiger partial charge in [0.15, 0.2) is 17.8 Å². The average Bonchev–Trinajstić information content (AvgIpc) is 3.20. The third-order valence-electron chi connectivity index (χ3n) is 4.35. The highest BCUT2D eigenvalue weighted by molar-refractivity contribution is 6.00. The number of Topliss-reactive ketones (excluding diaryl/α,β-unsaturated/α-hetero) is 1. The second kappa shape index (κ2) is 9.30.